The van der Waals surface area contributed by atoms with Crippen LogP contribution in [0, 0.1) is 0 Å². The molecule has 8 nitrogen and oxygen atoms in total. The SMILES string of the molecule is CSCC[C@H](NC(=O)NC(C)c1ncn[nH]1)C(=O)O. The maximum Gasteiger partial charge on any atom is 0.326 e. The van der Waals surface area contributed by atoms with Crippen LogP contribution in [-0.2, 0) is 4.79 Å². The largest absolute Gasteiger partial charge is 0.480 e. The molecule has 2 amide bonds. The highest BCUT2D eigenvalue weighted by molar-refractivity contribution is 7.98. The number of carbonyl (C=O) groups excluding carboxylic acids is 1. The minimum absolute atomic E-state index is 0.376. The summed E-state index contributed by atoms with van der Waals surface area (Å²) < 4.78 is 0. The monoisotopic (exact) mass is 287 g/mol. The molecule has 0 saturated carbocycles. The lowest BCUT2D eigenvalue weighted by atomic mass is 10.2. The fraction of sp³-hybridized carbons (Fsp3) is 0.600. The Bertz CT molecular complexity index is 411. The van der Waals surface area contributed by atoms with Crippen LogP contribution in [0.4, 0.5) is 4.79 Å². The van der Waals surface area contributed by atoms with E-state index in [1.54, 1.807) is 6.92 Å². The van der Waals surface area contributed by atoms with Gasteiger partial charge < -0.3 is 15.7 Å². The molecule has 0 bridgehead atoms. The van der Waals surface area contributed by atoms with E-state index in [1.807, 2.05) is 6.26 Å². The first-order valence-corrected chi connectivity index (χ1v) is 7.08. The second-order valence-corrected chi connectivity index (χ2v) is 4.87. The molecule has 0 aliphatic rings. The summed E-state index contributed by atoms with van der Waals surface area (Å²) in [7, 11) is 0. The number of nitrogens with zero attached hydrogens (tertiary/aromatic N) is 2. The molecule has 0 aliphatic heterocycles. The third-order valence-electron chi connectivity index (χ3n) is 2.41. The lowest BCUT2D eigenvalue weighted by molar-refractivity contribution is -0.139. The fourth-order valence-corrected chi connectivity index (χ4v) is 1.85. The number of rotatable bonds is 7. The Kier molecular flexibility index (Phi) is 6.13. The number of carboxylic acid groups (broad SMARTS) is 1. The third kappa shape index (κ3) is 5.16. The van der Waals surface area contributed by atoms with Crippen molar-refractivity contribution >= 4 is 23.8 Å². The molecule has 0 aliphatic carbocycles. The van der Waals surface area contributed by atoms with Crippen molar-refractivity contribution in [1.29, 1.82) is 0 Å². The average Bonchev–Trinajstić information content (AvgIpc) is 2.87. The van der Waals surface area contributed by atoms with E-state index < -0.39 is 18.0 Å². The van der Waals surface area contributed by atoms with Gasteiger partial charge in [0, 0.05) is 0 Å². The van der Waals surface area contributed by atoms with E-state index in [-0.39, 0.29) is 6.04 Å². The van der Waals surface area contributed by atoms with Gasteiger partial charge in [0.15, 0.2) is 0 Å². The van der Waals surface area contributed by atoms with Gasteiger partial charge in [-0.2, -0.15) is 16.9 Å². The number of hydrogen-bond acceptors (Lipinski definition) is 5. The number of nitrogens with one attached hydrogen (secondary N) is 3. The predicted molar refractivity (Wildman–Crippen MR) is 70.9 cm³/mol. The van der Waals surface area contributed by atoms with Crippen LogP contribution in [-0.4, -0.2) is 50.3 Å². The molecule has 106 valence electrons. The number of urea groups is 1. The molecule has 1 aromatic heterocycles. The molecule has 1 rings (SSSR count). The van der Waals surface area contributed by atoms with E-state index in [9.17, 15) is 9.59 Å². The first-order valence-electron chi connectivity index (χ1n) is 5.68. The summed E-state index contributed by atoms with van der Waals surface area (Å²) in [5.41, 5.74) is 0. The first-order chi connectivity index (χ1) is 9.04. The van der Waals surface area contributed by atoms with E-state index in [0.29, 0.717) is 18.0 Å². The van der Waals surface area contributed by atoms with Crippen LogP contribution in [0.15, 0.2) is 6.33 Å². The Morgan fingerprint density at radius 3 is 2.79 bits per heavy atom. The van der Waals surface area contributed by atoms with Crippen molar-refractivity contribution in [1.82, 2.24) is 25.8 Å². The van der Waals surface area contributed by atoms with Crippen molar-refractivity contribution in [2.24, 2.45) is 0 Å². The molecule has 2 atom stereocenters. The van der Waals surface area contributed by atoms with Gasteiger partial charge in [0.2, 0.25) is 0 Å². The Balaban J connectivity index is 2.46. The van der Waals surface area contributed by atoms with Gasteiger partial charge in [-0.1, -0.05) is 0 Å². The summed E-state index contributed by atoms with van der Waals surface area (Å²) in [6, 6.07) is -1.82. The molecule has 0 fully saturated rings. The second kappa shape index (κ2) is 7.62. The van der Waals surface area contributed by atoms with Crippen molar-refractivity contribution in [2.75, 3.05) is 12.0 Å². The number of thioether (sulfide) groups is 1. The van der Waals surface area contributed by atoms with Gasteiger partial charge >= 0.3 is 12.0 Å². The zero-order valence-corrected chi connectivity index (χ0v) is 11.5. The van der Waals surface area contributed by atoms with Crippen LogP contribution < -0.4 is 10.6 Å². The molecule has 0 saturated heterocycles. The Hall–Kier alpha value is -1.77. The molecule has 0 aromatic carbocycles. The van der Waals surface area contributed by atoms with Crippen LogP contribution in [0.1, 0.15) is 25.2 Å². The number of amides is 2. The van der Waals surface area contributed by atoms with Gasteiger partial charge in [0.05, 0.1) is 6.04 Å². The van der Waals surface area contributed by atoms with Crippen molar-refractivity contribution < 1.29 is 14.7 Å². The maximum absolute atomic E-state index is 11.7. The summed E-state index contributed by atoms with van der Waals surface area (Å²) in [5, 5.41) is 20.3. The molecule has 1 unspecified atom stereocenters. The van der Waals surface area contributed by atoms with Crippen LogP contribution in [0.2, 0.25) is 0 Å². The second-order valence-electron chi connectivity index (χ2n) is 3.88. The van der Waals surface area contributed by atoms with E-state index in [0.717, 1.165) is 0 Å². The van der Waals surface area contributed by atoms with Crippen molar-refractivity contribution in [3.63, 3.8) is 0 Å². The molecule has 0 radical (unpaired) electrons. The standard InChI is InChI=1S/C10H17N5O3S/c1-6(8-11-5-12-15-8)13-10(18)14-7(9(16)17)3-4-19-2/h5-7H,3-4H2,1-2H3,(H,16,17)(H,11,12,15)(H2,13,14,18)/t6?,7-/m0/s1. The molecule has 4 N–H and O–H groups in total. The number of H-pyrrole nitrogens is 1. The van der Waals surface area contributed by atoms with E-state index in [4.69, 9.17) is 5.11 Å². The Morgan fingerprint density at radius 2 is 2.26 bits per heavy atom. The number of aromatic amines is 1. The lowest BCUT2D eigenvalue weighted by Gasteiger charge is -2.16. The quantitative estimate of drug-likeness (QED) is 0.575. The Labute approximate surface area is 114 Å². The molecule has 1 heterocycles. The molecule has 19 heavy (non-hydrogen) atoms. The highest BCUT2D eigenvalue weighted by Gasteiger charge is 2.20. The summed E-state index contributed by atoms with van der Waals surface area (Å²) >= 11 is 1.53. The van der Waals surface area contributed by atoms with E-state index in [2.05, 4.69) is 25.8 Å². The fourth-order valence-electron chi connectivity index (χ4n) is 1.38. The van der Waals surface area contributed by atoms with Crippen molar-refractivity contribution in [3.05, 3.63) is 12.2 Å². The molecule has 9 heteroatoms. The van der Waals surface area contributed by atoms with Gasteiger partial charge in [-0.15, -0.1) is 0 Å². The highest BCUT2D eigenvalue weighted by atomic mass is 32.2. The van der Waals surface area contributed by atoms with E-state index in [1.165, 1.54) is 18.1 Å². The molecular formula is C10H17N5O3S. The summed E-state index contributed by atoms with van der Waals surface area (Å²) in [6.45, 7) is 1.72. The molecule has 1 aromatic rings. The number of carboxylic acids is 1. The zero-order chi connectivity index (χ0) is 14.3. The summed E-state index contributed by atoms with van der Waals surface area (Å²) in [6.07, 6.45) is 3.59. The number of carbonyl (C=O) groups is 2. The number of hydrogen-bond donors (Lipinski definition) is 4. The van der Waals surface area contributed by atoms with Crippen molar-refractivity contribution in [2.45, 2.75) is 25.4 Å². The third-order valence-corrected chi connectivity index (χ3v) is 3.05. The van der Waals surface area contributed by atoms with Crippen LogP contribution in [0.25, 0.3) is 0 Å². The van der Waals surface area contributed by atoms with Gasteiger partial charge in [-0.3, -0.25) is 5.10 Å². The smallest absolute Gasteiger partial charge is 0.326 e. The number of aromatic nitrogens is 3. The predicted octanol–water partition coefficient (Wildman–Crippen LogP) is 0.371. The normalized spacial score (nSPS) is 13.6. The lowest BCUT2D eigenvalue weighted by Crippen LogP contribution is -2.47. The topological polar surface area (TPSA) is 120 Å². The average molecular weight is 287 g/mol. The van der Waals surface area contributed by atoms with Crippen molar-refractivity contribution in [3.8, 4) is 0 Å². The van der Waals surface area contributed by atoms with Crippen LogP contribution >= 0.6 is 11.8 Å². The summed E-state index contributed by atoms with van der Waals surface area (Å²) in [5.74, 6) is 0.122. The molecular weight excluding hydrogens is 270 g/mol. The van der Waals surface area contributed by atoms with Gasteiger partial charge in [0.1, 0.15) is 18.2 Å². The van der Waals surface area contributed by atoms with Crippen LogP contribution in [0.3, 0.4) is 0 Å². The minimum Gasteiger partial charge on any atom is -0.480 e. The van der Waals surface area contributed by atoms with Gasteiger partial charge in [-0.25, -0.2) is 14.6 Å². The first kappa shape index (κ1) is 15.3. The van der Waals surface area contributed by atoms with Gasteiger partial charge in [0.25, 0.3) is 0 Å². The van der Waals surface area contributed by atoms with Crippen LogP contribution in [0.5, 0.6) is 0 Å². The highest BCUT2D eigenvalue weighted by Crippen LogP contribution is 2.04. The molecule has 0 spiro atoms. The minimum atomic E-state index is -1.04. The zero-order valence-electron chi connectivity index (χ0n) is 10.7. The number of aliphatic carboxylic acids is 1. The van der Waals surface area contributed by atoms with E-state index >= 15 is 0 Å². The maximum atomic E-state index is 11.7. The van der Waals surface area contributed by atoms with Gasteiger partial charge in [-0.05, 0) is 25.4 Å². The summed E-state index contributed by atoms with van der Waals surface area (Å²) in [4.78, 5) is 26.6. The Morgan fingerprint density at radius 1 is 1.53 bits per heavy atom.